The van der Waals surface area contributed by atoms with Crippen molar-refractivity contribution in [2.45, 2.75) is 71.0 Å². The molecule has 1 saturated carbocycles. The summed E-state index contributed by atoms with van der Waals surface area (Å²) >= 11 is 6.43. The molecule has 2 N–H and O–H groups in total. The molecule has 0 amide bonds. The molecule has 0 spiro atoms. The van der Waals surface area contributed by atoms with Crippen LogP contribution in [0.5, 0.6) is 0 Å². The molecule has 114 valence electrons. The standard InChI is InChI=1S/C15H26ClN3O/c1-3-12-14(16)13(19(4-2)18-12)10-17-15(11-20)8-6-5-7-9-15/h17,20H,3-11H2,1-2H3. The lowest BCUT2D eigenvalue weighted by molar-refractivity contribution is 0.118. The number of nitrogens with one attached hydrogen (secondary N) is 1. The average molecular weight is 300 g/mol. The van der Waals surface area contributed by atoms with Crippen LogP contribution in [-0.4, -0.2) is 27.0 Å². The van der Waals surface area contributed by atoms with Crippen LogP contribution < -0.4 is 5.32 Å². The third-order valence-corrected chi connectivity index (χ3v) is 4.87. The summed E-state index contributed by atoms with van der Waals surface area (Å²) in [6, 6.07) is 0. The highest BCUT2D eigenvalue weighted by Crippen LogP contribution is 2.29. The minimum absolute atomic E-state index is 0.128. The Balaban J connectivity index is 2.11. The van der Waals surface area contributed by atoms with Crippen LogP contribution in [-0.2, 0) is 19.5 Å². The van der Waals surface area contributed by atoms with Gasteiger partial charge in [-0.2, -0.15) is 5.10 Å². The SMILES string of the molecule is CCc1nn(CC)c(CNC2(CO)CCCCC2)c1Cl. The van der Waals surface area contributed by atoms with E-state index in [9.17, 15) is 5.11 Å². The third kappa shape index (κ3) is 3.18. The minimum atomic E-state index is -0.128. The number of rotatable bonds is 6. The van der Waals surface area contributed by atoms with Gasteiger partial charge in [-0.15, -0.1) is 0 Å². The monoisotopic (exact) mass is 299 g/mol. The van der Waals surface area contributed by atoms with Crippen molar-refractivity contribution in [1.29, 1.82) is 0 Å². The van der Waals surface area contributed by atoms with Gasteiger partial charge in [0.2, 0.25) is 0 Å². The highest BCUT2D eigenvalue weighted by atomic mass is 35.5. The fraction of sp³-hybridized carbons (Fsp3) is 0.800. The fourth-order valence-corrected chi connectivity index (χ4v) is 3.41. The second-order valence-electron chi connectivity index (χ2n) is 5.73. The number of aliphatic hydroxyl groups excluding tert-OH is 1. The number of halogens is 1. The molecule has 0 aromatic carbocycles. The van der Waals surface area contributed by atoms with E-state index >= 15 is 0 Å². The van der Waals surface area contributed by atoms with E-state index in [1.165, 1.54) is 19.3 Å². The number of aliphatic hydroxyl groups is 1. The van der Waals surface area contributed by atoms with Crippen LogP contribution in [0.2, 0.25) is 5.02 Å². The van der Waals surface area contributed by atoms with Crippen molar-refractivity contribution >= 4 is 11.6 Å². The van der Waals surface area contributed by atoms with Crippen molar-refractivity contribution in [1.82, 2.24) is 15.1 Å². The molecule has 0 bridgehead atoms. The predicted octanol–water partition coefficient (Wildman–Crippen LogP) is 2.90. The quantitative estimate of drug-likeness (QED) is 0.849. The predicted molar refractivity (Wildman–Crippen MR) is 82.0 cm³/mol. The van der Waals surface area contributed by atoms with E-state index in [0.717, 1.165) is 42.2 Å². The molecule has 0 saturated heterocycles. The Morgan fingerprint density at radius 2 is 2.00 bits per heavy atom. The van der Waals surface area contributed by atoms with E-state index in [1.54, 1.807) is 0 Å². The molecule has 2 rings (SSSR count). The van der Waals surface area contributed by atoms with Crippen LogP contribution in [0.15, 0.2) is 0 Å². The molecule has 0 atom stereocenters. The largest absolute Gasteiger partial charge is 0.394 e. The zero-order valence-corrected chi connectivity index (χ0v) is 13.3. The van der Waals surface area contributed by atoms with Gasteiger partial charge in [0, 0.05) is 18.6 Å². The molecule has 1 heterocycles. The Morgan fingerprint density at radius 3 is 2.55 bits per heavy atom. The second-order valence-corrected chi connectivity index (χ2v) is 6.11. The molecule has 1 aliphatic carbocycles. The summed E-state index contributed by atoms with van der Waals surface area (Å²) in [7, 11) is 0. The molecule has 5 heteroatoms. The molecule has 1 aromatic rings. The molecule has 1 aliphatic rings. The lowest BCUT2D eigenvalue weighted by Crippen LogP contribution is -2.49. The molecular weight excluding hydrogens is 274 g/mol. The van der Waals surface area contributed by atoms with Gasteiger partial charge in [-0.05, 0) is 26.2 Å². The number of aryl methyl sites for hydroxylation is 2. The van der Waals surface area contributed by atoms with Gasteiger partial charge in [0.05, 0.1) is 23.0 Å². The summed E-state index contributed by atoms with van der Waals surface area (Å²) in [6.07, 6.45) is 6.59. The van der Waals surface area contributed by atoms with Gasteiger partial charge in [0.15, 0.2) is 0 Å². The Hall–Kier alpha value is -0.580. The highest BCUT2D eigenvalue weighted by molar-refractivity contribution is 6.31. The van der Waals surface area contributed by atoms with Crippen LogP contribution >= 0.6 is 11.6 Å². The van der Waals surface area contributed by atoms with E-state index in [1.807, 2.05) is 4.68 Å². The number of hydrogen-bond donors (Lipinski definition) is 2. The zero-order chi connectivity index (χ0) is 14.6. The summed E-state index contributed by atoms with van der Waals surface area (Å²) in [6.45, 7) is 5.85. The number of nitrogens with zero attached hydrogens (tertiary/aromatic N) is 2. The average Bonchev–Trinajstić information content (AvgIpc) is 2.81. The zero-order valence-electron chi connectivity index (χ0n) is 12.6. The van der Waals surface area contributed by atoms with Gasteiger partial charge in [-0.1, -0.05) is 37.8 Å². The van der Waals surface area contributed by atoms with Gasteiger partial charge in [-0.25, -0.2) is 0 Å². The molecule has 1 aromatic heterocycles. The molecule has 4 nitrogen and oxygen atoms in total. The van der Waals surface area contributed by atoms with Gasteiger partial charge in [0.1, 0.15) is 0 Å². The van der Waals surface area contributed by atoms with Crippen molar-refractivity contribution in [3.8, 4) is 0 Å². The summed E-state index contributed by atoms with van der Waals surface area (Å²) in [5, 5.41) is 18.6. The van der Waals surface area contributed by atoms with Gasteiger partial charge in [0.25, 0.3) is 0 Å². The van der Waals surface area contributed by atoms with E-state index in [-0.39, 0.29) is 12.1 Å². The highest BCUT2D eigenvalue weighted by Gasteiger charge is 2.31. The first kappa shape index (κ1) is 15.8. The first-order valence-electron chi connectivity index (χ1n) is 7.75. The lowest BCUT2D eigenvalue weighted by Gasteiger charge is -2.36. The summed E-state index contributed by atoms with van der Waals surface area (Å²) in [4.78, 5) is 0. The summed E-state index contributed by atoms with van der Waals surface area (Å²) in [5.74, 6) is 0. The Morgan fingerprint density at radius 1 is 1.30 bits per heavy atom. The molecular formula is C15H26ClN3O. The van der Waals surface area contributed by atoms with Crippen molar-refractivity contribution in [2.24, 2.45) is 0 Å². The van der Waals surface area contributed by atoms with E-state index in [0.29, 0.717) is 6.54 Å². The number of aromatic nitrogens is 2. The first-order valence-corrected chi connectivity index (χ1v) is 8.13. The van der Waals surface area contributed by atoms with Crippen LogP contribution in [0.3, 0.4) is 0 Å². The minimum Gasteiger partial charge on any atom is -0.394 e. The van der Waals surface area contributed by atoms with Crippen LogP contribution in [0.25, 0.3) is 0 Å². The van der Waals surface area contributed by atoms with Crippen molar-refractivity contribution in [3.05, 3.63) is 16.4 Å². The maximum Gasteiger partial charge on any atom is 0.0863 e. The molecule has 0 aliphatic heterocycles. The van der Waals surface area contributed by atoms with Gasteiger partial charge >= 0.3 is 0 Å². The number of hydrogen-bond acceptors (Lipinski definition) is 3. The Labute approximate surface area is 126 Å². The Bertz CT molecular complexity index is 439. The van der Waals surface area contributed by atoms with Crippen LogP contribution in [0, 0.1) is 0 Å². The van der Waals surface area contributed by atoms with Crippen molar-refractivity contribution in [2.75, 3.05) is 6.61 Å². The third-order valence-electron chi connectivity index (χ3n) is 4.44. The van der Waals surface area contributed by atoms with Crippen LogP contribution in [0.4, 0.5) is 0 Å². The fourth-order valence-electron chi connectivity index (χ4n) is 3.08. The maximum atomic E-state index is 9.75. The Kier molecular flexibility index (Phi) is 5.47. The van der Waals surface area contributed by atoms with E-state index < -0.39 is 0 Å². The topological polar surface area (TPSA) is 50.1 Å². The van der Waals surface area contributed by atoms with Crippen molar-refractivity contribution < 1.29 is 5.11 Å². The second kappa shape index (κ2) is 6.92. The van der Waals surface area contributed by atoms with E-state index in [4.69, 9.17) is 11.6 Å². The van der Waals surface area contributed by atoms with Gasteiger partial charge < -0.3 is 10.4 Å². The molecule has 0 radical (unpaired) electrons. The lowest BCUT2D eigenvalue weighted by atomic mass is 9.82. The maximum absolute atomic E-state index is 9.75. The molecule has 1 fully saturated rings. The van der Waals surface area contributed by atoms with E-state index in [2.05, 4.69) is 24.3 Å². The van der Waals surface area contributed by atoms with Gasteiger partial charge in [-0.3, -0.25) is 4.68 Å². The molecule has 20 heavy (non-hydrogen) atoms. The van der Waals surface area contributed by atoms with Crippen LogP contribution in [0.1, 0.15) is 57.3 Å². The van der Waals surface area contributed by atoms with Crippen molar-refractivity contribution in [3.63, 3.8) is 0 Å². The summed E-state index contributed by atoms with van der Waals surface area (Å²) in [5.41, 5.74) is 1.88. The normalized spacial score (nSPS) is 18.4. The smallest absolute Gasteiger partial charge is 0.0863 e. The first-order chi connectivity index (χ1) is 9.65. The summed E-state index contributed by atoms with van der Waals surface area (Å²) < 4.78 is 1.97. The molecule has 0 unspecified atom stereocenters.